The third kappa shape index (κ3) is 3.79. The molecule has 0 spiro atoms. The molecule has 0 aliphatic rings. The summed E-state index contributed by atoms with van der Waals surface area (Å²) in [7, 11) is 0. The summed E-state index contributed by atoms with van der Waals surface area (Å²) in [5.41, 5.74) is -0.160. The number of carbonyl (C=O) groups is 1. The van der Waals surface area contributed by atoms with Crippen LogP contribution in [0.15, 0.2) is 12.1 Å². The maximum absolute atomic E-state index is 12.2. The molecule has 0 atom stereocenters. The van der Waals surface area contributed by atoms with E-state index in [-0.39, 0.29) is 38.6 Å². The zero-order valence-electron chi connectivity index (χ0n) is 11.5. The Morgan fingerprint density at radius 3 is 2.25 bits per heavy atom. The molecule has 0 unspecified atom stereocenters. The van der Waals surface area contributed by atoms with E-state index in [2.05, 4.69) is 5.32 Å². The van der Waals surface area contributed by atoms with Crippen molar-refractivity contribution in [2.75, 3.05) is 13.2 Å². The normalized spacial score (nSPS) is 11.5. The fourth-order valence-corrected chi connectivity index (χ4v) is 2.57. The van der Waals surface area contributed by atoms with Gasteiger partial charge in [-0.2, -0.15) is 0 Å². The van der Waals surface area contributed by atoms with Crippen LogP contribution in [0.25, 0.3) is 0 Å². The van der Waals surface area contributed by atoms with Crippen LogP contribution in [-0.2, 0) is 0 Å². The summed E-state index contributed by atoms with van der Waals surface area (Å²) in [6.07, 6.45) is 1.52. The molecule has 0 aromatic heterocycles. The van der Waals surface area contributed by atoms with Gasteiger partial charge in [0.2, 0.25) is 0 Å². The van der Waals surface area contributed by atoms with Crippen LogP contribution in [0.1, 0.15) is 37.0 Å². The first-order valence-electron chi connectivity index (χ1n) is 6.43. The second kappa shape index (κ2) is 7.51. The number of aliphatic hydroxyl groups is 1. The van der Waals surface area contributed by atoms with Gasteiger partial charge in [0, 0.05) is 12.0 Å². The van der Waals surface area contributed by atoms with E-state index in [1.165, 1.54) is 6.07 Å². The number of rotatable bonds is 6. The SMILES string of the molecule is CCC(CC)(CO)CNC(=O)c1c(Cl)ccc(Cl)c1Cl. The molecule has 0 fully saturated rings. The molecular formula is C14H18Cl3NO2. The van der Waals surface area contributed by atoms with E-state index in [1.54, 1.807) is 6.07 Å². The molecule has 6 heteroatoms. The molecule has 2 N–H and O–H groups in total. The average molecular weight is 339 g/mol. The van der Waals surface area contributed by atoms with E-state index in [0.717, 1.165) is 12.8 Å². The predicted octanol–water partition coefficient (Wildman–Crippen LogP) is 4.18. The molecule has 0 saturated carbocycles. The van der Waals surface area contributed by atoms with Gasteiger partial charge in [-0.15, -0.1) is 0 Å². The van der Waals surface area contributed by atoms with E-state index in [9.17, 15) is 9.90 Å². The first-order valence-corrected chi connectivity index (χ1v) is 7.56. The Morgan fingerprint density at radius 2 is 1.75 bits per heavy atom. The van der Waals surface area contributed by atoms with Gasteiger partial charge in [0.15, 0.2) is 0 Å². The Bertz CT molecular complexity index is 479. The molecule has 1 amide bonds. The summed E-state index contributed by atoms with van der Waals surface area (Å²) in [6.45, 7) is 4.32. The lowest BCUT2D eigenvalue weighted by atomic mass is 9.83. The monoisotopic (exact) mass is 337 g/mol. The summed E-state index contributed by atoms with van der Waals surface area (Å²) in [5.74, 6) is -0.387. The highest BCUT2D eigenvalue weighted by Gasteiger charge is 2.27. The Hall–Kier alpha value is -0.480. The minimum Gasteiger partial charge on any atom is -0.396 e. The Labute approximate surface area is 134 Å². The fourth-order valence-electron chi connectivity index (χ4n) is 1.87. The van der Waals surface area contributed by atoms with Gasteiger partial charge >= 0.3 is 0 Å². The predicted molar refractivity (Wildman–Crippen MR) is 83.9 cm³/mol. The number of hydrogen-bond donors (Lipinski definition) is 2. The maximum atomic E-state index is 12.2. The number of aliphatic hydroxyl groups excluding tert-OH is 1. The van der Waals surface area contributed by atoms with Crippen LogP contribution in [0.2, 0.25) is 15.1 Å². The van der Waals surface area contributed by atoms with E-state index >= 15 is 0 Å². The van der Waals surface area contributed by atoms with E-state index in [4.69, 9.17) is 34.8 Å². The molecule has 0 aliphatic heterocycles. The minimum absolute atomic E-state index is 0.0112. The molecule has 0 radical (unpaired) electrons. The summed E-state index contributed by atoms with van der Waals surface area (Å²) in [5, 5.41) is 12.9. The van der Waals surface area contributed by atoms with Crippen molar-refractivity contribution in [1.29, 1.82) is 0 Å². The molecule has 1 rings (SSSR count). The molecule has 0 heterocycles. The Morgan fingerprint density at radius 1 is 1.20 bits per heavy atom. The van der Waals surface area contributed by atoms with Crippen molar-refractivity contribution in [3.63, 3.8) is 0 Å². The van der Waals surface area contributed by atoms with Crippen LogP contribution in [0.4, 0.5) is 0 Å². The van der Waals surface area contributed by atoms with E-state index < -0.39 is 0 Å². The second-order valence-corrected chi connectivity index (χ2v) is 5.96. The highest BCUT2D eigenvalue weighted by atomic mass is 35.5. The second-order valence-electron chi connectivity index (χ2n) is 4.77. The summed E-state index contributed by atoms with van der Waals surface area (Å²) >= 11 is 17.9. The number of nitrogens with one attached hydrogen (secondary N) is 1. The van der Waals surface area contributed by atoms with Crippen molar-refractivity contribution in [2.45, 2.75) is 26.7 Å². The molecule has 1 aromatic carbocycles. The Kier molecular flexibility index (Phi) is 6.59. The minimum atomic E-state index is -0.387. The number of benzene rings is 1. The van der Waals surface area contributed by atoms with Gasteiger partial charge in [-0.3, -0.25) is 4.79 Å². The highest BCUT2D eigenvalue weighted by Crippen LogP contribution is 2.31. The zero-order chi connectivity index (χ0) is 15.3. The average Bonchev–Trinajstić information content (AvgIpc) is 2.45. The molecule has 0 bridgehead atoms. The number of carbonyl (C=O) groups excluding carboxylic acids is 1. The molecule has 0 saturated heterocycles. The summed E-state index contributed by atoms with van der Waals surface area (Å²) < 4.78 is 0. The van der Waals surface area contributed by atoms with Crippen molar-refractivity contribution in [3.05, 3.63) is 32.8 Å². The smallest absolute Gasteiger partial charge is 0.254 e. The molecule has 20 heavy (non-hydrogen) atoms. The van der Waals surface area contributed by atoms with Crippen LogP contribution in [0.3, 0.4) is 0 Å². The van der Waals surface area contributed by atoms with Gasteiger partial charge in [-0.05, 0) is 25.0 Å². The lowest BCUT2D eigenvalue weighted by Gasteiger charge is -2.29. The lowest BCUT2D eigenvalue weighted by Crippen LogP contribution is -2.39. The van der Waals surface area contributed by atoms with E-state index in [1.807, 2.05) is 13.8 Å². The number of hydrogen-bond acceptors (Lipinski definition) is 2. The topological polar surface area (TPSA) is 49.3 Å². The number of amides is 1. The van der Waals surface area contributed by atoms with Gasteiger partial charge in [-0.25, -0.2) is 0 Å². The van der Waals surface area contributed by atoms with Crippen LogP contribution in [-0.4, -0.2) is 24.2 Å². The zero-order valence-corrected chi connectivity index (χ0v) is 13.7. The quantitative estimate of drug-likeness (QED) is 0.765. The van der Waals surface area contributed by atoms with Gasteiger partial charge in [-0.1, -0.05) is 48.7 Å². The molecule has 1 aromatic rings. The van der Waals surface area contributed by atoms with Crippen LogP contribution in [0, 0.1) is 5.41 Å². The van der Waals surface area contributed by atoms with Crippen molar-refractivity contribution >= 4 is 40.7 Å². The largest absolute Gasteiger partial charge is 0.396 e. The third-order valence-electron chi connectivity index (χ3n) is 3.73. The standard InChI is InChI=1S/C14H18Cl3NO2/c1-3-14(4-2,8-19)7-18-13(20)11-9(15)5-6-10(16)12(11)17/h5-6,19H,3-4,7-8H2,1-2H3,(H,18,20). The maximum Gasteiger partial charge on any atom is 0.254 e. The third-order valence-corrected chi connectivity index (χ3v) is 4.85. The van der Waals surface area contributed by atoms with Crippen LogP contribution < -0.4 is 5.32 Å². The van der Waals surface area contributed by atoms with Crippen molar-refractivity contribution in [2.24, 2.45) is 5.41 Å². The van der Waals surface area contributed by atoms with Crippen LogP contribution >= 0.6 is 34.8 Å². The molecule has 0 aliphatic carbocycles. The molecule has 112 valence electrons. The van der Waals surface area contributed by atoms with Crippen molar-refractivity contribution in [1.82, 2.24) is 5.32 Å². The Balaban J connectivity index is 2.90. The van der Waals surface area contributed by atoms with Gasteiger partial charge in [0.1, 0.15) is 0 Å². The van der Waals surface area contributed by atoms with Gasteiger partial charge < -0.3 is 10.4 Å². The summed E-state index contributed by atoms with van der Waals surface area (Å²) in [4.78, 5) is 12.2. The molecule has 3 nitrogen and oxygen atoms in total. The van der Waals surface area contributed by atoms with Gasteiger partial charge in [0.25, 0.3) is 5.91 Å². The van der Waals surface area contributed by atoms with Crippen molar-refractivity contribution < 1.29 is 9.90 Å². The fraction of sp³-hybridized carbons (Fsp3) is 0.500. The molecular weight excluding hydrogens is 321 g/mol. The number of halogens is 3. The summed E-state index contributed by atoms with van der Waals surface area (Å²) in [6, 6.07) is 3.07. The highest BCUT2D eigenvalue weighted by molar-refractivity contribution is 6.46. The first-order chi connectivity index (χ1) is 9.40. The van der Waals surface area contributed by atoms with E-state index in [0.29, 0.717) is 6.54 Å². The first kappa shape index (κ1) is 17.6. The van der Waals surface area contributed by atoms with Crippen molar-refractivity contribution in [3.8, 4) is 0 Å². The lowest BCUT2D eigenvalue weighted by molar-refractivity contribution is 0.0851. The van der Waals surface area contributed by atoms with Crippen LogP contribution in [0.5, 0.6) is 0 Å². The van der Waals surface area contributed by atoms with Gasteiger partial charge in [0.05, 0.1) is 27.2 Å².